The molecule has 1 rings (SSSR count). The van der Waals surface area contributed by atoms with Crippen molar-refractivity contribution >= 4 is 17.9 Å². The Bertz CT molecular complexity index is 531. The van der Waals surface area contributed by atoms with Gasteiger partial charge in [0.2, 0.25) is 0 Å². The molecule has 1 N–H and O–H groups in total. The van der Waals surface area contributed by atoms with Crippen LogP contribution in [0.2, 0.25) is 0 Å². The lowest BCUT2D eigenvalue weighted by molar-refractivity contribution is -0.384. The van der Waals surface area contributed by atoms with Crippen molar-refractivity contribution in [3.8, 4) is 5.75 Å². The minimum Gasteiger partial charge on any atom is -0.483 e. The van der Waals surface area contributed by atoms with Gasteiger partial charge in [0, 0.05) is 25.3 Å². The van der Waals surface area contributed by atoms with Crippen molar-refractivity contribution in [2.24, 2.45) is 0 Å². The monoisotopic (exact) mass is 296 g/mol. The van der Waals surface area contributed by atoms with E-state index in [1.807, 2.05) is 0 Å². The van der Waals surface area contributed by atoms with Crippen LogP contribution < -0.4 is 10.1 Å². The molecule has 0 bridgehead atoms. The fraction of sp³-hybridized carbons (Fsp3) is 0.385. The van der Waals surface area contributed by atoms with E-state index in [9.17, 15) is 19.7 Å². The van der Waals surface area contributed by atoms with Gasteiger partial charge in [-0.3, -0.25) is 19.7 Å². The van der Waals surface area contributed by atoms with Crippen LogP contribution in [-0.2, 0) is 9.53 Å². The summed E-state index contributed by atoms with van der Waals surface area (Å²) in [5, 5.41) is 13.2. The number of nitro benzene ring substituents is 1. The number of ether oxygens (including phenoxy) is 2. The zero-order chi connectivity index (χ0) is 15.8. The van der Waals surface area contributed by atoms with Crippen LogP contribution in [0.25, 0.3) is 0 Å². The largest absolute Gasteiger partial charge is 0.483 e. The second-order valence-electron chi connectivity index (χ2n) is 4.31. The Kier molecular flexibility index (Phi) is 6.28. The molecule has 1 aromatic rings. The molecule has 0 heterocycles. The molecule has 0 spiro atoms. The van der Waals surface area contributed by atoms with E-state index in [2.05, 4.69) is 5.32 Å². The van der Waals surface area contributed by atoms with Gasteiger partial charge in [-0.05, 0) is 13.0 Å². The van der Waals surface area contributed by atoms with E-state index in [1.165, 1.54) is 19.2 Å². The molecule has 0 aromatic heterocycles. The van der Waals surface area contributed by atoms with Crippen LogP contribution in [0.3, 0.4) is 0 Å². The highest BCUT2D eigenvalue weighted by Gasteiger charge is 2.13. The Morgan fingerprint density at radius 3 is 2.81 bits per heavy atom. The van der Waals surface area contributed by atoms with Gasteiger partial charge in [0.15, 0.2) is 12.9 Å². The van der Waals surface area contributed by atoms with Crippen LogP contribution in [0.4, 0.5) is 5.69 Å². The quantitative estimate of drug-likeness (QED) is 0.434. The van der Waals surface area contributed by atoms with Gasteiger partial charge in [0.25, 0.3) is 11.6 Å². The van der Waals surface area contributed by atoms with Crippen molar-refractivity contribution in [1.29, 1.82) is 0 Å². The Labute approximate surface area is 121 Å². The molecule has 1 amide bonds. The van der Waals surface area contributed by atoms with E-state index in [1.54, 1.807) is 6.92 Å². The first kappa shape index (κ1) is 16.6. The number of nitrogens with zero attached hydrogens (tertiary/aromatic N) is 1. The van der Waals surface area contributed by atoms with Gasteiger partial charge in [-0.25, -0.2) is 0 Å². The Balaban J connectivity index is 2.65. The van der Waals surface area contributed by atoms with Crippen molar-refractivity contribution in [2.45, 2.75) is 13.0 Å². The second-order valence-corrected chi connectivity index (χ2v) is 4.31. The number of hydrogen-bond acceptors (Lipinski definition) is 6. The Hall–Kier alpha value is -2.48. The van der Waals surface area contributed by atoms with Crippen LogP contribution in [-0.4, -0.2) is 43.5 Å². The van der Waals surface area contributed by atoms with Crippen LogP contribution in [0.1, 0.15) is 17.3 Å². The highest BCUT2D eigenvalue weighted by atomic mass is 16.6. The molecule has 21 heavy (non-hydrogen) atoms. The molecule has 1 unspecified atom stereocenters. The zero-order valence-electron chi connectivity index (χ0n) is 11.7. The molecule has 114 valence electrons. The molecular formula is C13H16N2O6. The Morgan fingerprint density at radius 2 is 2.24 bits per heavy atom. The number of benzene rings is 1. The average molecular weight is 296 g/mol. The summed E-state index contributed by atoms with van der Waals surface area (Å²) in [5.41, 5.74) is -0.204. The predicted molar refractivity (Wildman–Crippen MR) is 73.5 cm³/mol. The first-order valence-corrected chi connectivity index (χ1v) is 6.12. The van der Waals surface area contributed by atoms with Crippen molar-refractivity contribution in [1.82, 2.24) is 5.32 Å². The topological polar surface area (TPSA) is 108 Å². The molecule has 0 aliphatic rings. The summed E-state index contributed by atoms with van der Waals surface area (Å²) in [5.74, 6) is -0.264. The summed E-state index contributed by atoms with van der Waals surface area (Å²) in [6.45, 7) is 1.83. The summed E-state index contributed by atoms with van der Waals surface area (Å²) >= 11 is 0. The van der Waals surface area contributed by atoms with Crippen LogP contribution >= 0.6 is 0 Å². The lowest BCUT2D eigenvalue weighted by Crippen LogP contribution is -2.38. The van der Waals surface area contributed by atoms with E-state index >= 15 is 0 Å². The highest BCUT2D eigenvalue weighted by molar-refractivity contribution is 5.82. The van der Waals surface area contributed by atoms with Crippen molar-refractivity contribution in [2.75, 3.05) is 20.3 Å². The predicted octanol–water partition coefficient (Wildman–Crippen LogP) is 0.937. The summed E-state index contributed by atoms with van der Waals surface area (Å²) in [7, 11) is 1.52. The third-order valence-electron chi connectivity index (χ3n) is 2.51. The number of nitrogens with one attached hydrogen (secondary N) is 1. The van der Waals surface area contributed by atoms with E-state index in [0.29, 0.717) is 12.9 Å². The first-order chi connectivity index (χ1) is 9.97. The minimum atomic E-state index is -0.615. The number of carbonyl (C=O) groups excluding carboxylic acids is 2. The average Bonchev–Trinajstić information content (AvgIpc) is 2.44. The maximum Gasteiger partial charge on any atom is 0.270 e. The molecule has 0 aliphatic carbocycles. The fourth-order valence-corrected chi connectivity index (χ4v) is 1.62. The molecule has 0 radical (unpaired) electrons. The van der Waals surface area contributed by atoms with E-state index in [-0.39, 0.29) is 35.6 Å². The third kappa shape index (κ3) is 5.19. The molecule has 8 nitrogen and oxygen atoms in total. The number of carbonyl (C=O) groups is 2. The molecule has 0 aliphatic heterocycles. The van der Waals surface area contributed by atoms with E-state index in [0.717, 1.165) is 6.07 Å². The molecule has 0 saturated carbocycles. The van der Waals surface area contributed by atoms with Crippen molar-refractivity contribution in [3.05, 3.63) is 33.9 Å². The maximum absolute atomic E-state index is 11.6. The smallest absolute Gasteiger partial charge is 0.270 e. The summed E-state index contributed by atoms with van der Waals surface area (Å²) in [6, 6.07) is 3.41. The molecule has 0 fully saturated rings. The number of methoxy groups -OCH3 is 1. The standard InChI is InChI=1S/C13H16N2O6/c1-9(7-20-2)14-13(17)8-21-12-4-3-11(15(18)19)5-10(12)6-16/h3-6,9H,7-8H2,1-2H3,(H,14,17). The molecule has 8 heteroatoms. The molecule has 1 aromatic carbocycles. The summed E-state index contributed by atoms with van der Waals surface area (Å²) in [6.07, 6.45) is 0.438. The van der Waals surface area contributed by atoms with Crippen molar-refractivity contribution < 1.29 is 24.0 Å². The second kappa shape index (κ2) is 7.95. The van der Waals surface area contributed by atoms with E-state index < -0.39 is 4.92 Å². The lowest BCUT2D eigenvalue weighted by atomic mass is 10.2. The number of amides is 1. The zero-order valence-corrected chi connectivity index (χ0v) is 11.7. The van der Waals surface area contributed by atoms with Gasteiger partial charge in [-0.15, -0.1) is 0 Å². The molecule has 0 saturated heterocycles. The van der Waals surface area contributed by atoms with Gasteiger partial charge in [0.05, 0.1) is 17.1 Å². The Morgan fingerprint density at radius 1 is 1.52 bits per heavy atom. The number of non-ortho nitro benzene ring substituents is 1. The van der Waals surface area contributed by atoms with Crippen LogP contribution in [0.5, 0.6) is 5.75 Å². The number of nitro groups is 1. The van der Waals surface area contributed by atoms with Crippen molar-refractivity contribution in [3.63, 3.8) is 0 Å². The third-order valence-corrected chi connectivity index (χ3v) is 2.51. The summed E-state index contributed by atoms with van der Waals surface area (Å²) < 4.78 is 10.1. The first-order valence-electron chi connectivity index (χ1n) is 6.12. The van der Waals surface area contributed by atoms with Gasteiger partial charge < -0.3 is 14.8 Å². The van der Waals surface area contributed by atoms with Gasteiger partial charge >= 0.3 is 0 Å². The number of aldehydes is 1. The SMILES string of the molecule is COCC(C)NC(=O)COc1ccc([N+](=O)[O-])cc1C=O. The van der Waals surface area contributed by atoms with Crippen LogP contribution in [0, 0.1) is 10.1 Å². The van der Waals surface area contributed by atoms with Crippen LogP contribution in [0.15, 0.2) is 18.2 Å². The number of rotatable bonds is 8. The summed E-state index contributed by atoms with van der Waals surface area (Å²) in [4.78, 5) is 32.5. The lowest BCUT2D eigenvalue weighted by Gasteiger charge is -2.13. The highest BCUT2D eigenvalue weighted by Crippen LogP contribution is 2.22. The minimum absolute atomic E-state index is 0.0157. The molecular weight excluding hydrogens is 280 g/mol. The van der Waals surface area contributed by atoms with Gasteiger partial charge in [0.1, 0.15) is 5.75 Å². The fourth-order valence-electron chi connectivity index (χ4n) is 1.62. The molecule has 1 atom stereocenters. The van der Waals surface area contributed by atoms with Gasteiger partial charge in [-0.2, -0.15) is 0 Å². The maximum atomic E-state index is 11.6. The van der Waals surface area contributed by atoms with E-state index in [4.69, 9.17) is 9.47 Å². The number of hydrogen-bond donors (Lipinski definition) is 1. The normalized spacial score (nSPS) is 11.5. The van der Waals surface area contributed by atoms with Gasteiger partial charge in [-0.1, -0.05) is 0 Å².